The Morgan fingerprint density at radius 3 is 2.94 bits per heavy atom. The van der Waals surface area contributed by atoms with Crippen molar-refractivity contribution in [2.75, 3.05) is 12.4 Å². The van der Waals surface area contributed by atoms with Gasteiger partial charge in [0.2, 0.25) is 0 Å². The van der Waals surface area contributed by atoms with E-state index in [1.807, 2.05) is 0 Å². The maximum Gasteiger partial charge on any atom is 0.262 e. The van der Waals surface area contributed by atoms with E-state index in [1.54, 1.807) is 11.6 Å². The maximum atomic E-state index is 12.2. The van der Waals surface area contributed by atoms with Gasteiger partial charge in [0.1, 0.15) is 0 Å². The smallest absolute Gasteiger partial charge is 0.262 e. The molecule has 7 heteroatoms. The molecule has 1 atom stereocenters. The average molecular weight is 264 g/mol. The molecule has 1 fully saturated rings. The van der Waals surface area contributed by atoms with Gasteiger partial charge >= 0.3 is 0 Å². The van der Waals surface area contributed by atoms with Gasteiger partial charge in [-0.3, -0.25) is 0 Å². The highest BCUT2D eigenvalue weighted by molar-refractivity contribution is 7.89. The summed E-state index contributed by atoms with van der Waals surface area (Å²) in [6.07, 6.45) is 4.69. The lowest BCUT2D eigenvalue weighted by atomic mass is 10.3. The third-order valence-corrected chi connectivity index (χ3v) is 4.95. The van der Waals surface area contributed by atoms with E-state index in [-0.39, 0.29) is 11.1 Å². The number of aromatic nitrogens is 2. The van der Waals surface area contributed by atoms with Crippen LogP contribution in [0.4, 0.5) is 0 Å². The van der Waals surface area contributed by atoms with Gasteiger partial charge in [0.05, 0.1) is 6.33 Å². The summed E-state index contributed by atoms with van der Waals surface area (Å²) in [5.74, 6) is 0.339. The van der Waals surface area contributed by atoms with Gasteiger partial charge < -0.3 is 4.57 Å². The van der Waals surface area contributed by atoms with Crippen molar-refractivity contribution in [3.63, 3.8) is 0 Å². The van der Waals surface area contributed by atoms with Gasteiger partial charge in [0.25, 0.3) is 10.0 Å². The number of nitrogens with zero attached hydrogens (tertiary/aromatic N) is 3. The van der Waals surface area contributed by atoms with Crippen LogP contribution in [0.2, 0.25) is 0 Å². The van der Waals surface area contributed by atoms with Crippen LogP contribution in [0.3, 0.4) is 0 Å². The quantitative estimate of drug-likeness (QED) is 0.759. The molecule has 16 heavy (non-hydrogen) atoms. The van der Waals surface area contributed by atoms with Gasteiger partial charge in [-0.2, -0.15) is 4.31 Å². The summed E-state index contributed by atoms with van der Waals surface area (Å²) in [6, 6.07) is -0.0892. The van der Waals surface area contributed by atoms with E-state index in [2.05, 4.69) is 4.98 Å². The molecular formula is C9H14ClN3O2S. The third-order valence-electron chi connectivity index (χ3n) is 2.76. The second-order valence-electron chi connectivity index (χ2n) is 3.94. The van der Waals surface area contributed by atoms with Gasteiger partial charge in [0.15, 0.2) is 5.03 Å². The van der Waals surface area contributed by atoms with Crippen molar-refractivity contribution >= 4 is 21.6 Å². The summed E-state index contributed by atoms with van der Waals surface area (Å²) in [7, 11) is -1.72. The second kappa shape index (κ2) is 4.35. The minimum absolute atomic E-state index is 0.0892. The summed E-state index contributed by atoms with van der Waals surface area (Å²) < 4.78 is 27.5. The molecule has 2 heterocycles. The van der Waals surface area contributed by atoms with Gasteiger partial charge in [-0.25, -0.2) is 13.4 Å². The molecule has 0 spiro atoms. The molecule has 1 unspecified atom stereocenters. The van der Waals surface area contributed by atoms with Crippen molar-refractivity contribution < 1.29 is 8.42 Å². The van der Waals surface area contributed by atoms with Crippen LogP contribution < -0.4 is 0 Å². The van der Waals surface area contributed by atoms with Crippen molar-refractivity contribution in [2.45, 2.75) is 23.9 Å². The zero-order valence-corrected chi connectivity index (χ0v) is 10.6. The Morgan fingerprint density at radius 1 is 1.62 bits per heavy atom. The summed E-state index contributed by atoms with van der Waals surface area (Å²) in [4.78, 5) is 3.89. The summed E-state index contributed by atoms with van der Waals surface area (Å²) >= 11 is 5.77. The first-order valence-electron chi connectivity index (χ1n) is 5.11. The SMILES string of the molecule is Cn1cnc(S(=O)(=O)N2CCCC2CCl)c1. The fourth-order valence-electron chi connectivity index (χ4n) is 1.92. The Kier molecular flexibility index (Phi) is 3.23. The van der Waals surface area contributed by atoms with E-state index in [1.165, 1.54) is 16.8 Å². The van der Waals surface area contributed by atoms with Gasteiger partial charge in [-0.15, -0.1) is 11.6 Å². The zero-order chi connectivity index (χ0) is 11.8. The molecule has 1 aromatic rings. The first-order valence-corrected chi connectivity index (χ1v) is 7.09. The van der Waals surface area contributed by atoms with Crippen LogP contribution in [0.5, 0.6) is 0 Å². The highest BCUT2D eigenvalue weighted by Crippen LogP contribution is 2.25. The van der Waals surface area contributed by atoms with Crippen LogP contribution in [0.15, 0.2) is 17.6 Å². The van der Waals surface area contributed by atoms with Crippen LogP contribution in [-0.2, 0) is 17.1 Å². The monoisotopic (exact) mass is 263 g/mol. The molecule has 0 aromatic carbocycles. The predicted octanol–water partition coefficient (Wildman–Crippen LogP) is 0.812. The van der Waals surface area contributed by atoms with E-state index in [9.17, 15) is 8.42 Å². The summed E-state index contributed by atoms with van der Waals surface area (Å²) in [5, 5.41) is 0.104. The van der Waals surface area contributed by atoms with Crippen molar-refractivity contribution in [3.05, 3.63) is 12.5 Å². The first-order chi connectivity index (χ1) is 7.55. The van der Waals surface area contributed by atoms with E-state index in [0.717, 1.165) is 12.8 Å². The number of sulfonamides is 1. The predicted molar refractivity (Wildman–Crippen MR) is 60.8 cm³/mol. The molecule has 2 rings (SSSR count). The molecule has 0 bridgehead atoms. The number of imidazole rings is 1. The van der Waals surface area contributed by atoms with Gasteiger partial charge in [-0.1, -0.05) is 0 Å². The normalized spacial score (nSPS) is 22.8. The lowest BCUT2D eigenvalue weighted by Crippen LogP contribution is -2.36. The first kappa shape index (κ1) is 11.9. The zero-order valence-electron chi connectivity index (χ0n) is 9.00. The molecular weight excluding hydrogens is 250 g/mol. The second-order valence-corrected chi connectivity index (χ2v) is 6.09. The number of rotatable bonds is 3. The van der Waals surface area contributed by atoms with E-state index < -0.39 is 10.0 Å². The van der Waals surface area contributed by atoms with Crippen molar-refractivity contribution in [1.82, 2.24) is 13.9 Å². The van der Waals surface area contributed by atoms with Crippen LogP contribution in [0, 0.1) is 0 Å². The van der Waals surface area contributed by atoms with Crippen LogP contribution >= 0.6 is 11.6 Å². The minimum atomic E-state index is -3.46. The fourth-order valence-corrected chi connectivity index (χ4v) is 3.99. The number of halogens is 1. The lowest BCUT2D eigenvalue weighted by Gasteiger charge is -2.20. The van der Waals surface area contributed by atoms with Gasteiger partial charge in [0, 0.05) is 31.7 Å². The highest BCUT2D eigenvalue weighted by atomic mass is 35.5. The summed E-state index contributed by atoms with van der Waals surface area (Å²) in [6.45, 7) is 0.538. The van der Waals surface area contributed by atoms with Crippen LogP contribution in [0.1, 0.15) is 12.8 Å². The Balaban J connectivity index is 2.32. The molecule has 0 saturated carbocycles. The van der Waals surface area contributed by atoms with Crippen LogP contribution in [0.25, 0.3) is 0 Å². The molecule has 1 aliphatic rings. The largest absolute Gasteiger partial charge is 0.339 e. The van der Waals surface area contributed by atoms with Crippen LogP contribution in [-0.4, -0.2) is 40.7 Å². The molecule has 0 aliphatic carbocycles. The standard InChI is InChI=1S/C9H14ClN3O2S/c1-12-6-9(11-7-12)16(14,15)13-4-2-3-8(13)5-10/h6-8H,2-5H2,1H3. The Morgan fingerprint density at radius 2 is 2.38 bits per heavy atom. The fraction of sp³-hybridized carbons (Fsp3) is 0.667. The molecule has 90 valence electrons. The van der Waals surface area contributed by atoms with Crippen molar-refractivity contribution in [2.24, 2.45) is 7.05 Å². The molecule has 1 saturated heterocycles. The lowest BCUT2D eigenvalue weighted by molar-refractivity contribution is 0.409. The summed E-state index contributed by atoms with van der Waals surface area (Å²) in [5.41, 5.74) is 0. The van der Waals surface area contributed by atoms with E-state index in [0.29, 0.717) is 12.4 Å². The molecule has 0 N–H and O–H groups in total. The number of alkyl halides is 1. The number of hydrogen-bond donors (Lipinski definition) is 0. The molecule has 0 amide bonds. The van der Waals surface area contributed by atoms with Gasteiger partial charge in [-0.05, 0) is 12.8 Å². The molecule has 1 aliphatic heterocycles. The van der Waals surface area contributed by atoms with E-state index >= 15 is 0 Å². The minimum Gasteiger partial charge on any atom is -0.339 e. The Hall–Kier alpha value is -0.590. The number of hydrogen-bond acceptors (Lipinski definition) is 3. The Labute approximate surface area is 100 Å². The molecule has 1 aromatic heterocycles. The Bertz CT molecular complexity index is 471. The molecule has 5 nitrogen and oxygen atoms in total. The topological polar surface area (TPSA) is 55.2 Å². The average Bonchev–Trinajstić information content (AvgIpc) is 2.85. The number of aryl methyl sites for hydroxylation is 1. The van der Waals surface area contributed by atoms with Crippen molar-refractivity contribution in [1.29, 1.82) is 0 Å². The maximum absolute atomic E-state index is 12.2. The van der Waals surface area contributed by atoms with Crippen molar-refractivity contribution in [3.8, 4) is 0 Å². The molecule has 0 radical (unpaired) electrons. The third kappa shape index (κ3) is 1.97. The van der Waals surface area contributed by atoms with E-state index in [4.69, 9.17) is 11.6 Å². The highest BCUT2D eigenvalue weighted by Gasteiger charge is 2.35.